The highest BCUT2D eigenvalue weighted by Gasteiger charge is 2.31. The van der Waals surface area contributed by atoms with Crippen LogP contribution in [0.3, 0.4) is 0 Å². The SMILES string of the molecule is CCOc1ccc(C(C)NC(=O)C2CCN(S(=O)(=O)Cc3ccc(Cl)cc3)CC2)cc1. The fourth-order valence-electron chi connectivity index (χ4n) is 3.71. The van der Waals surface area contributed by atoms with Crippen LogP contribution in [0.4, 0.5) is 0 Å². The quantitative estimate of drug-likeness (QED) is 0.636. The fourth-order valence-corrected chi connectivity index (χ4v) is 5.40. The molecule has 0 aromatic heterocycles. The van der Waals surface area contributed by atoms with Gasteiger partial charge in [-0.1, -0.05) is 35.9 Å². The minimum Gasteiger partial charge on any atom is -0.494 e. The minimum atomic E-state index is -3.43. The third-order valence-electron chi connectivity index (χ3n) is 5.53. The smallest absolute Gasteiger partial charge is 0.223 e. The second-order valence-corrected chi connectivity index (χ2v) is 10.2. The lowest BCUT2D eigenvalue weighted by Crippen LogP contribution is -2.43. The lowest BCUT2D eigenvalue weighted by molar-refractivity contribution is -0.126. The monoisotopic (exact) mass is 464 g/mol. The zero-order valence-electron chi connectivity index (χ0n) is 17.9. The molecule has 0 aliphatic carbocycles. The van der Waals surface area contributed by atoms with Gasteiger partial charge in [0, 0.05) is 24.0 Å². The van der Waals surface area contributed by atoms with E-state index in [0.717, 1.165) is 11.3 Å². The number of nitrogens with one attached hydrogen (secondary N) is 1. The van der Waals surface area contributed by atoms with Crippen molar-refractivity contribution in [3.05, 3.63) is 64.7 Å². The van der Waals surface area contributed by atoms with Crippen LogP contribution in [0.25, 0.3) is 0 Å². The molecule has 1 N–H and O–H groups in total. The predicted molar refractivity (Wildman–Crippen MR) is 123 cm³/mol. The standard InChI is InChI=1S/C23H29ClN2O4S/c1-3-30-22-10-6-19(7-11-22)17(2)25-23(27)20-12-14-26(15-13-20)31(28,29)16-18-4-8-21(24)9-5-18/h4-11,17,20H,3,12-16H2,1-2H3,(H,25,27). The van der Waals surface area contributed by atoms with E-state index in [-0.39, 0.29) is 23.6 Å². The van der Waals surface area contributed by atoms with E-state index in [9.17, 15) is 13.2 Å². The minimum absolute atomic E-state index is 0.0314. The number of rotatable bonds is 8. The summed E-state index contributed by atoms with van der Waals surface area (Å²) >= 11 is 5.87. The Hall–Kier alpha value is -2.09. The van der Waals surface area contributed by atoms with Crippen molar-refractivity contribution in [2.75, 3.05) is 19.7 Å². The van der Waals surface area contributed by atoms with Crippen molar-refractivity contribution in [1.29, 1.82) is 0 Å². The highest BCUT2D eigenvalue weighted by molar-refractivity contribution is 7.88. The molecule has 0 bridgehead atoms. The molecule has 1 saturated heterocycles. The molecular weight excluding hydrogens is 436 g/mol. The summed E-state index contributed by atoms with van der Waals surface area (Å²) in [6.45, 7) is 5.20. The van der Waals surface area contributed by atoms with Crippen molar-refractivity contribution in [3.63, 3.8) is 0 Å². The van der Waals surface area contributed by atoms with Crippen LogP contribution in [-0.2, 0) is 20.6 Å². The zero-order valence-corrected chi connectivity index (χ0v) is 19.5. The molecule has 3 rings (SSSR count). The molecule has 168 valence electrons. The van der Waals surface area contributed by atoms with E-state index < -0.39 is 10.0 Å². The number of carbonyl (C=O) groups excluding carboxylic acids is 1. The van der Waals surface area contributed by atoms with Gasteiger partial charge >= 0.3 is 0 Å². The van der Waals surface area contributed by atoms with Crippen LogP contribution in [0, 0.1) is 5.92 Å². The molecule has 0 saturated carbocycles. The number of hydrogen-bond acceptors (Lipinski definition) is 4. The van der Waals surface area contributed by atoms with Crippen LogP contribution >= 0.6 is 11.6 Å². The molecule has 1 atom stereocenters. The Morgan fingerprint density at radius 2 is 1.74 bits per heavy atom. The third kappa shape index (κ3) is 6.45. The maximum atomic E-state index is 12.7. The van der Waals surface area contributed by atoms with Gasteiger partial charge in [0.2, 0.25) is 15.9 Å². The molecule has 31 heavy (non-hydrogen) atoms. The molecule has 1 aliphatic rings. The van der Waals surface area contributed by atoms with Crippen LogP contribution in [0.2, 0.25) is 5.02 Å². The third-order valence-corrected chi connectivity index (χ3v) is 7.63. The zero-order chi connectivity index (χ0) is 22.4. The first-order valence-electron chi connectivity index (χ1n) is 10.5. The van der Waals surface area contributed by atoms with Gasteiger partial charge < -0.3 is 10.1 Å². The van der Waals surface area contributed by atoms with Gasteiger partial charge in [-0.15, -0.1) is 0 Å². The normalized spacial score (nSPS) is 16.6. The maximum absolute atomic E-state index is 12.7. The van der Waals surface area contributed by atoms with E-state index in [0.29, 0.717) is 43.1 Å². The average molecular weight is 465 g/mol. The Bertz CT molecular complexity index is 970. The molecule has 0 radical (unpaired) electrons. The number of carbonyl (C=O) groups is 1. The van der Waals surface area contributed by atoms with Crippen molar-refractivity contribution in [2.24, 2.45) is 5.92 Å². The number of sulfonamides is 1. The molecule has 1 heterocycles. The van der Waals surface area contributed by atoms with Crippen molar-refractivity contribution < 1.29 is 17.9 Å². The molecule has 2 aromatic rings. The van der Waals surface area contributed by atoms with E-state index >= 15 is 0 Å². The molecule has 2 aromatic carbocycles. The molecule has 1 unspecified atom stereocenters. The van der Waals surface area contributed by atoms with Gasteiger partial charge in [-0.3, -0.25) is 4.79 Å². The van der Waals surface area contributed by atoms with E-state index in [1.807, 2.05) is 38.1 Å². The number of benzene rings is 2. The van der Waals surface area contributed by atoms with Crippen molar-refractivity contribution in [1.82, 2.24) is 9.62 Å². The van der Waals surface area contributed by atoms with Crippen LogP contribution in [0.1, 0.15) is 43.9 Å². The number of halogens is 1. The summed E-state index contributed by atoms with van der Waals surface area (Å²) in [6, 6.07) is 14.4. The Morgan fingerprint density at radius 3 is 2.32 bits per heavy atom. The highest BCUT2D eigenvalue weighted by Crippen LogP contribution is 2.24. The summed E-state index contributed by atoms with van der Waals surface area (Å²) in [5.74, 6) is 0.524. The van der Waals surface area contributed by atoms with Gasteiger partial charge in [0.15, 0.2) is 0 Å². The summed E-state index contributed by atoms with van der Waals surface area (Å²) in [7, 11) is -3.43. The average Bonchev–Trinajstić information content (AvgIpc) is 2.76. The highest BCUT2D eigenvalue weighted by atomic mass is 35.5. The van der Waals surface area contributed by atoms with Crippen molar-refractivity contribution >= 4 is 27.5 Å². The van der Waals surface area contributed by atoms with E-state index in [1.54, 1.807) is 24.3 Å². The second kappa shape index (κ2) is 10.5. The Kier molecular flexibility index (Phi) is 7.97. The van der Waals surface area contributed by atoms with Crippen LogP contribution in [0.15, 0.2) is 48.5 Å². The summed E-state index contributed by atoms with van der Waals surface area (Å²) < 4.78 is 32.4. The van der Waals surface area contributed by atoms with Crippen LogP contribution in [-0.4, -0.2) is 38.3 Å². The first-order valence-corrected chi connectivity index (χ1v) is 12.5. The summed E-state index contributed by atoms with van der Waals surface area (Å²) in [4.78, 5) is 12.7. The Labute approximate surface area is 189 Å². The van der Waals surface area contributed by atoms with Crippen LogP contribution in [0.5, 0.6) is 5.75 Å². The topological polar surface area (TPSA) is 75.7 Å². The van der Waals surface area contributed by atoms with Crippen molar-refractivity contribution in [2.45, 2.75) is 38.5 Å². The number of piperidine rings is 1. The lowest BCUT2D eigenvalue weighted by atomic mass is 9.96. The number of amides is 1. The van der Waals surface area contributed by atoms with Gasteiger partial charge in [0.1, 0.15) is 5.75 Å². The summed E-state index contributed by atoms with van der Waals surface area (Å²) in [6.07, 6.45) is 1.03. The molecule has 1 aliphatic heterocycles. The molecular formula is C23H29ClN2O4S. The van der Waals surface area contributed by atoms with Gasteiger partial charge in [-0.05, 0) is 62.1 Å². The van der Waals surface area contributed by atoms with Gasteiger partial charge in [0.25, 0.3) is 0 Å². The largest absolute Gasteiger partial charge is 0.494 e. The van der Waals surface area contributed by atoms with Gasteiger partial charge in [-0.25, -0.2) is 12.7 Å². The second-order valence-electron chi connectivity index (χ2n) is 7.79. The molecule has 1 amide bonds. The van der Waals surface area contributed by atoms with E-state index in [4.69, 9.17) is 16.3 Å². The van der Waals surface area contributed by atoms with E-state index in [1.165, 1.54) is 4.31 Å². The van der Waals surface area contributed by atoms with Crippen LogP contribution < -0.4 is 10.1 Å². The Morgan fingerprint density at radius 1 is 1.13 bits per heavy atom. The van der Waals surface area contributed by atoms with E-state index in [2.05, 4.69) is 5.32 Å². The number of hydrogen-bond donors (Lipinski definition) is 1. The van der Waals surface area contributed by atoms with Gasteiger partial charge in [0.05, 0.1) is 18.4 Å². The Balaban J connectivity index is 1.51. The molecule has 8 heteroatoms. The predicted octanol–water partition coefficient (Wildman–Crippen LogP) is 4.16. The fraction of sp³-hybridized carbons (Fsp3) is 0.435. The summed E-state index contributed by atoms with van der Waals surface area (Å²) in [5.41, 5.74) is 1.70. The van der Waals surface area contributed by atoms with Gasteiger partial charge in [-0.2, -0.15) is 0 Å². The first-order chi connectivity index (χ1) is 14.8. The molecule has 6 nitrogen and oxygen atoms in total. The first kappa shape index (κ1) is 23.6. The molecule has 1 fully saturated rings. The summed E-state index contributed by atoms with van der Waals surface area (Å²) in [5, 5.41) is 3.63. The molecule has 0 spiro atoms. The maximum Gasteiger partial charge on any atom is 0.223 e. The number of nitrogens with zero attached hydrogens (tertiary/aromatic N) is 1. The number of ether oxygens (including phenoxy) is 1. The lowest BCUT2D eigenvalue weighted by Gasteiger charge is -2.31. The van der Waals surface area contributed by atoms with Crippen molar-refractivity contribution in [3.8, 4) is 5.75 Å².